The minimum absolute atomic E-state index is 0.192. The summed E-state index contributed by atoms with van der Waals surface area (Å²) in [6.07, 6.45) is -1.03. The third-order valence-corrected chi connectivity index (χ3v) is 7.20. The number of alkyl halides is 6. The van der Waals surface area contributed by atoms with Gasteiger partial charge in [0.05, 0.1) is 16.7 Å². The number of aromatic nitrogens is 1. The van der Waals surface area contributed by atoms with Crippen LogP contribution in [-0.4, -0.2) is 23.7 Å². The van der Waals surface area contributed by atoms with Crippen molar-refractivity contribution >= 4 is 0 Å². The molecular formula is C25H28F6N2O. The molecule has 0 amide bonds. The molecule has 2 fully saturated rings. The third kappa shape index (κ3) is 5.57. The third-order valence-electron chi connectivity index (χ3n) is 7.20. The summed E-state index contributed by atoms with van der Waals surface area (Å²) >= 11 is 0. The van der Waals surface area contributed by atoms with E-state index in [1.54, 1.807) is 6.07 Å². The van der Waals surface area contributed by atoms with E-state index < -0.39 is 28.9 Å². The molecule has 1 saturated carbocycles. The fourth-order valence-corrected chi connectivity index (χ4v) is 5.49. The van der Waals surface area contributed by atoms with Crippen LogP contribution in [0.5, 0.6) is 0 Å². The number of nitrogens with one attached hydrogen (secondary N) is 1. The van der Waals surface area contributed by atoms with Crippen LogP contribution in [0.4, 0.5) is 26.3 Å². The first-order valence-electron chi connectivity index (χ1n) is 11.6. The van der Waals surface area contributed by atoms with Crippen LogP contribution in [0.15, 0.2) is 42.7 Å². The molecule has 1 aromatic heterocycles. The fourth-order valence-electron chi connectivity index (χ4n) is 5.49. The highest BCUT2D eigenvalue weighted by Crippen LogP contribution is 2.50. The fraction of sp³-hybridized carbons (Fsp3) is 0.560. The van der Waals surface area contributed by atoms with Crippen LogP contribution in [0.3, 0.4) is 0 Å². The monoisotopic (exact) mass is 486 g/mol. The first kappa shape index (κ1) is 25.0. The second kappa shape index (κ2) is 9.49. The van der Waals surface area contributed by atoms with Gasteiger partial charge in [0.1, 0.15) is 0 Å². The maximum Gasteiger partial charge on any atom is 0.417 e. The van der Waals surface area contributed by atoms with Crippen LogP contribution in [0.2, 0.25) is 0 Å². The number of halogens is 6. The normalized spacial score (nSPS) is 22.9. The predicted molar refractivity (Wildman–Crippen MR) is 115 cm³/mol. The molecule has 1 aromatic carbocycles. The Kier molecular flexibility index (Phi) is 6.97. The summed E-state index contributed by atoms with van der Waals surface area (Å²) in [6.45, 7) is 1.12. The minimum Gasteiger partial charge on any atom is -0.375 e. The van der Waals surface area contributed by atoms with E-state index in [2.05, 4.69) is 10.3 Å². The van der Waals surface area contributed by atoms with Crippen molar-refractivity contribution < 1.29 is 31.1 Å². The zero-order valence-corrected chi connectivity index (χ0v) is 18.7. The first-order valence-corrected chi connectivity index (χ1v) is 11.6. The molecule has 3 nitrogen and oxygen atoms in total. The Hall–Kier alpha value is -2.13. The largest absolute Gasteiger partial charge is 0.417 e. The Bertz CT molecular complexity index is 984. The van der Waals surface area contributed by atoms with Crippen molar-refractivity contribution in [2.75, 3.05) is 13.2 Å². The number of pyridine rings is 1. The van der Waals surface area contributed by atoms with Gasteiger partial charge in [-0.15, -0.1) is 0 Å². The summed E-state index contributed by atoms with van der Waals surface area (Å²) in [5.74, 6) is 0. The molecule has 1 N–H and O–H groups in total. The van der Waals surface area contributed by atoms with Gasteiger partial charge in [-0.2, -0.15) is 26.3 Å². The molecule has 2 aromatic rings. The molecule has 1 aliphatic carbocycles. The highest BCUT2D eigenvalue weighted by molar-refractivity contribution is 5.33. The van der Waals surface area contributed by atoms with Crippen molar-refractivity contribution in [1.29, 1.82) is 0 Å². The summed E-state index contributed by atoms with van der Waals surface area (Å²) in [7, 11) is 0. The minimum atomic E-state index is -4.46. The van der Waals surface area contributed by atoms with Gasteiger partial charge in [0, 0.05) is 31.0 Å². The lowest BCUT2D eigenvalue weighted by atomic mass is 9.66. The van der Waals surface area contributed by atoms with Gasteiger partial charge < -0.3 is 10.1 Å². The van der Waals surface area contributed by atoms with Crippen LogP contribution in [0.1, 0.15) is 67.2 Å². The quantitative estimate of drug-likeness (QED) is 0.366. The number of rotatable bonds is 6. The van der Waals surface area contributed by atoms with E-state index in [-0.39, 0.29) is 12.1 Å². The van der Waals surface area contributed by atoms with Crippen molar-refractivity contribution in [1.82, 2.24) is 10.3 Å². The average molecular weight is 487 g/mol. The smallest absolute Gasteiger partial charge is 0.375 e. The van der Waals surface area contributed by atoms with Crippen LogP contribution in [0, 0.1) is 0 Å². The van der Waals surface area contributed by atoms with Crippen LogP contribution < -0.4 is 5.32 Å². The van der Waals surface area contributed by atoms with Gasteiger partial charge in [-0.1, -0.05) is 31.0 Å². The van der Waals surface area contributed by atoms with E-state index in [1.807, 2.05) is 0 Å². The SMILES string of the molecule is FC(F)(F)c1cncc(CNCC[C@@]2(c3cccc(C(F)(F)F)c3)CCOC3(CCCC3)C2)c1. The molecule has 186 valence electrons. The van der Waals surface area contributed by atoms with Gasteiger partial charge in [0.25, 0.3) is 0 Å². The Labute approximate surface area is 194 Å². The average Bonchev–Trinajstić information content (AvgIpc) is 3.23. The molecule has 1 aliphatic heterocycles. The number of benzene rings is 1. The predicted octanol–water partition coefficient (Wildman–Crippen LogP) is 6.66. The summed E-state index contributed by atoms with van der Waals surface area (Å²) in [5.41, 5.74) is -1.22. The maximum atomic E-state index is 13.4. The first-order chi connectivity index (χ1) is 16.0. The van der Waals surface area contributed by atoms with Gasteiger partial charge in [-0.3, -0.25) is 4.98 Å². The Balaban J connectivity index is 1.52. The molecule has 0 unspecified atom stereocenters. The Morgan fingerprint density at radius 3 is 2.35 bits per heavy atom. The number of hydrogen-bond acceptors (Lipinski definition) is 3. The molecule has 1 atom stereocenters. The van der Waals surface area contributed by atoms with Gasteiger partial charge in [0.15, 0.2) is 0 Å². The van der Waals surface area contributed by atoms with E-state index in [9.17, 15) is 26.3 Å². The van der Waals surface area contributed by atoms with Crippen molar-refractivity contribution in [2.45, 2.75) is 74.9 Å². The highest BCUT2D eigenvalue weighted by atomic mass is 19.4. The van der Waals surface area contributed by atoms with Crippen molar-refractivity contribution in [3.8, 4) is 0 Å². The number of ether oxygens (including phenoxy) is 1. The Morgan fingerprint density at radius 1 is 0.912 bits per heavy atom. The molecule has 1 spiro atoms. The molecule has 0 bridgehead atoms. The van der Waals surface area contributed by atoms with Crippen LogP contribution in [0.25, 0.3) is 0 Å². The van der Waals surface area contributed by atoms with E-state index in [0.29, 0.717) is 43.5 Å². The molecule has 1 saturated heterocycles. The van der Waals surface area contributed by atoms with E-state index in [1.165, 1.54) is 18.3 Å². The lowest BCUT2D eigenvalue weighted by Crippen LogP contribution is -2.47. The topological polar surface area (TPSA) is 34.2 Å². The zero-order valence-electron chi connectivity index (χ0n) is 18.7. The summed E-state index contributed by atoms with van der Waals surface area (Å²) < 4.78 is 85.3. The number of hydrogen-bond donors (Lipinski definition) is 1. The van der Waals surface area contributed by atoms with E-state index in [4.69, 9.17) is 4.74 Å². The van der Waals surface area contributed by atoms with Gasteiger partial charge in [0.2, 0.25) is 0 Å². The second-order valence-electron chi connectivity index (χ2n) is 9.53. The zero-order chi connectivity index (χ0) is 24.5. The van der Waals surface area contributed by atoms with Crippen molar-refractivity contribution in [3.05, 3.63) is 65.0 Å². The maximum absolute atomic E-state index is 13.4. The molecule has 9 heteroatoms. The van der Waals surface area contributed by atoms with E-state index >= 15 is 0 Å². The molecule has 2 aliphatic rings. The number of nitrogens with zero attached hydrogens (tertiary/aromatic N) is 1. The lowest BCUT2D eigenvalue weighted by Gasteiger charge is -2.47. The molecule has 34 heavy (non-hydrogen) atoms. The lowest BCUT2D eigenvalue weighted by molar-refractivity contribution is -0.138. The van der Waals surface area contributed by atoms with Crippen molar-refractivity contribution in [2.24, 2.45) is 0 Å². The van der Waals surface area contributed by atoms with Crippen LogP contribution in [-0.2, 0) is 29.0 Å². The second-order valence-corrected chi connectivity index (χ2v) is 9.53. The standard InChI is InChI=1S/C25H28F6N2O/c26-24(27,28)20-5-3-4-19(13-20)22(9-11-34-23(17-22)6-1-2-7-23)8-10-32-14-18-12-21(16-33-15-18)25(29,30)31/h3-5,12-13,15-16,32H,1-2,6-11,14,17H2/t22-/m1/s1. The molecule has 4 rings (SSSR count). The summed E-state index contributed by atoms with van der Waals surface area (Å²) in [6, 6.07) is 6.62. The van der Waals surface area contributed by atoms with E-state index in [0.717, 1.165) is 44.0 Å². The Morgan fingerprint density at radius 2 is 1.65 bits per heavy atom. The molecule has 0 radical (unpaired) electrons. The van der Waals surface area contributed by atoms with Crippen molar-refractivity contribution in [3.63, 3.8) is 0 Å². The molecule has 2 heterocycles. The summed E-state index contributed by atoms with van der Waals surface area (Å²) in [5, 5.41) is 3.18. The van der Waals surface area contributed by atoms with Crippen LogP contribution >= 0.6 is 0 Å². The van der Waals surface area contributed by atoms with Gasteiger partial charge >= 0.3 is 12.4 Å². The molecular weight excluding hydrogens is 458 g/mol. The van der Waals surface area contributed by atoms with Gasteiger partial charge in [-0.05, 0) is 61.9 Å². The van der Waals surface area contributed by atoms with Gasteiger partial charge in [-0.25, -0.2) is 0 Å². The highest BCUT2D eigenvalue weighted by Gasteiger charge is 2.48. The summed E-state index contributed by atoms with van der Waals surface area (Å²) in [4.78, 5) is 3.68.